The Morgan fingerprint density at radius 3 is 2.16 bits per heavy atom. The van der Waals surface area contributed by atoms with Gasteiger partial charge in [-0.25, -0.2) is 0 Å². The molecule has 0 fully saturated rings. The van der Waals surface area contributed by atoms with Gasteiger partial charge in [0.05, 0.1) is 12.5 Å². The van der Waals surface area contributed by atoms with E-state index in [2.05, 4.69) is 12.1 Å². The standard InChI is InChI=1S/C16H17NO2/c17-16(19)11-15(18)10-12-6-8-14(9-7-12)13-4-2-1-3-5-13/h1-9,15,18H,10-11H2,(H2,17,19)/t15-/m1/s1. The van der Waals surface area contributed by atoms with E-state index in [1.165, 1.54) is 0 Å². The van der Waals surface area contributed by atoms with Gasteiger partial charge in [0.2, 0.25) is 5.91 Å². The molecular formula is C16H17NO2. The summed E-state index contributed by atoms with van der Waals surface area (Å²) in [7, 11) is 0. The molecule has 2 aromatic rings. The molecule has 2 aromatic carbocycles. The number of aliphatic hydroxyl groups is 1. The lowest BCUT2D eigenvalue weighted by atomic mass is 10.0. The molecule has 1 atom stereocenters. The van der Waals surface area contributed by atoms with Crippen LogP contribution in [0.15, 0.2) is 54.6 Å². The van der Waals surface area contributed by atoms with Gasteiger partial charge in [0.25, 0.3) is 0 Å². The van der Waals surface area contributed by atoms with Crippen molar-refractivity contribution in [2.75, 3.05) is 0 Å². The van der Waals surface area contributed by atoms with Crippen molar-refractivity contribution in [1.82, 2.24) is 0 Å². The smallest absolute Gasteiger partial charge is 0.220 e. The number of benzene rings is 2. The molecule has 2 rings (SSSR count). The Labute approximate surface area is 112 Å². The molecule has 0 spiro atoms. The molecule has 0 bridgehead atoms. The second-order valence-electron chi connectivity index (χ2n) is 4.59. The van der Waals surface area contributed by atoms with Gasteiger partial charge in [-0.2, -0.15) is 0 Å². The van der Waals surface area contributed by atoms with Crippen LogP contribution in [-0.2, 0) is 11.2 Å². The summed E-state index contributed by atoms with van der Waals surface area (Å²) in [4.78, 5) is 10.7. The Bertz CT molecular complexity index is 534. The molecule has 1 amide bonds. The molecule has 0 saturated carbocycles. The summed E-state index contributed by atoms with van der Waals surface area (Å²) < 4.78 is 0. The molecule has 19 heavy (non-hydrogen) atoms. The van der Waals surface area contributed by atoms with Crippen molar-refractivity contribution >= 4 is 5.91 Å². The molecule has 0 heterocycles. The van der Waals surface area contributed by atoms with Crippen LogP contribution in [-0.4, -0.2) is 17.1 Å². The molecule has 0 unspecified atom stereocenters. The second kappa shape index (κ2) is 6.16. The van der Waals surface area contributed by atoms with Gasteiger partial charge in [-0.15, -0.1) is 0 Å². The highest BCUT2D eigenvalue weighted by molar-refractivity contribution is 5.74. The molecule has 0 aliphatic carbocycles. The minimum absolute atomic E-state index is 0.000433. The zero-order valence-electron chi connectivity index (χ0n) is 10.6. The van der Waals surface area contributed by atoms with E-state index < -0.39 is 12.0 Å². The minimum Gasteiger partial charge on any atom is -0.392 e. The van der Waals surface area contributed by atoms with Gasteiger partial charge in [0.15, 0.2) is 0 Å². The first-order valence-corrected chi connectivity index (χ1v) is 6.26. The SMILES string of the molecule is NC(=O)C[C@H](O)Cc1ccc(-c2ccccc2)cc1. The summed E-state index contributed by atoms with van der Waals surface area (Å²) in [5, 5.41) is 9.66. The van der Waals surface area contributed by atoms with E-state index in [1.54, 1.807) is 0 Å². The van der Waals surface area contributed by atoms with E-state index in [-0.39, 0.29) is 6.42 Å². The molecule has 98 valence electrons. The number of hydrogen-bond acceptors (Lipinski definition) is 2. The van der Waals surface area contributed by atoms with Crippen molar-refractivity contribution in [3.63, 3.8) is 0 Å². The maximum absolute atomic E-state index is 10.7. The third-order valence-electron chi connectivity index (χ3n) is 2.97. The fraction of sp³-hybridized carbons (Fsp3) is 0.188. The van der Waals surface area contributed by atoms with E-state index in [9.17, 15) is 9.90 Å². The predicted octanol–water partition coefficient (Wildman–Crippen LogP) is 2.13. The molecule has 0 radical (unpaired) electrons. The summed E-state index contributed by atoms with van der Waals surface area (Å²) in [5.41, 5.74) is 8.33. The van der Waals surface area contributed by atoms with Crippen LogP contribution in [0.2, 0.25) is 0 Å². The van der Waals surface area contributed by atoms with Crippen molar-refractivity contribution in [2.24, 2.45) is 5.73 Å². The summed E-state index contributed by atoms with van der Waals surface area (Å²) in [6.45, 7) is 0. The Kier molecular flexibility index (Phi) is 4.31. The van der Waals surface area contributed by atoms with Crippen LogP contribution in [0.3, 0.4) is 0 Å². The van der Waals surface area contributed by atoms with Gasteiger partial charge in [0, 0.05) is 0 Å². The van der Waals surface area contributed by atoms with Crippen LogP contribution in [0.4, 0.5) is 0 Å². The first-order chi connectivity index (χ1) is 9.15. The zero-order chi connectivity index (χ0) is 13.7. The van der Waals surface area contributed by atoms with Crippen LogP contribution in [0.1, 0.15) is 12.0 Å². The number of amides is 1. The largest absolute Gasteiger partial charge is 0.392 e. The van der Waals surface area contributed by atoms with Gasteiger partial charge in [-0.3, -0.25) is 4.79 Å². The maximum Gasteiger partial charge on any atom is 0.220 e. The van der Waals surface area contributed by atoms with Crippen molar-refractivity contribution in [3.8, 4) is 11.1 Å². The van der Waals surface area contributed by atoms with Crippen LogP contribution < -0.4 is 5.73 Å². The van der Waals surface area contributed by atoms with Crippen molar-refractivity contribution in [1.29, 1.82) is 0 Å². The summed E-state index contributed by atoms with van der Waals surface area (Å²) in [6.07, 6.45) is -0.265. The summed E-state index contributed by atoms with van der Waals surface area (Å²) >= 11 is 0. The molecule has 0 aromatic heterocycles. The maximum atomic E-state index is 10.7. The van der Waals surface area contributed by atoms with Gasteiger partial charge >= 0.3 is 0 Å². The summed E-state index contributed by atoms with van der Waals surface area (Å²) in [6, 6.07) is 18.0. The number of nitrogens with two attached hydrogens (primary N) is 1. The number of primary amides is 1. The second-order valence-corrected chi connectivity index (χ2v) is 4.59. The van der Waals surface area contributed by atoms with E-state index in [0.29, 0.717) is 6.42 Å². The fourth-order valence-corrected chi connectivity index (χ4v) is 2.04. The summed E-state index contributed by atoms with van der Waals surface area (Å²) in [5.74, 6) is -0.478. The van der Waals surface area contributed by atoms with E-state index >= 15 is 0 Å². The molecular weight excluding hydrogens is 238 g/mol. The lowest BCUT2D eigenvalue weighted by Gasteiger charge is -2.09. The van der Waals surface area contributed by atoms with Crippen LogP contribution in [0, 0.1) is 0 Å². The Hall–Kier alpha value is -2.13. The Balaban J connectivity index is 2.05. The zero-order valence-corrected chi connectivity index (χ0v) is 10.6. The highest BCUT2D eigenvalue weighted by Crippen LogP contribution is 2.19. The predicted molar refractivity (Wildman–Crippen MR) is 75.4 cm³/mol. The monoisotopic (exact) mass is 255 g/mol. The fourth-order valence-electron chi connectivity index (χ4n) is 2.04. The molecule has 0 saturated heterocycles. The number of hydrogen-bond donors (Lipinski definition) is 2. The third-order valence-corrected chi connectivity index (χ3v) is 2.97. The van der Waals surface area contributed by atoms with Crippen LogP contribution >= 0.6 is 0 Å². The third kappa shape index (κ3) is 3.93. The van der Waals surface area contributed by atoms with Gasteiger partial charge in [0.1, 0.15) is 0 Å². The Morgan fingerprint density at radius 2 is 1.58 bits per heavy atom. The van der Waals surface area contributed by atoms with Crippen molar-refractivity contribution in [2.45, 2.75) is 18.9 Å². The van der Waals surface area contributed by atoms with Crippen molar-refractivity contribution in [3.05, 3.63) is 60.2 Å². The molecule has 3 nitrogen and oxygen atoms in total. The lowest BCUT2D eigenvalue weighted by Crippen LogP contribution is -2.21. The van der Waals surface area contributed by atoms with Crippen LogP contribution in [0.5, 0.6) is 0 Å². The quantitative estimate of drug-likeness (QED) is 0.859. The number of carbonyl (C=O) groups is 1. The average Bonchev–Trinajstić information content (AvgIpc) is 2.39. The molecule has 3 N–H and O–H groups in total. The normalized spacial score (nSPS) is 12.1. The number of carbonyl (C=O) groups excluding carboxylic acids is 1. The van der Waals surface area contributed by atoms with E-state index in [4.69, 9.17) is 5.73 Å². The van der Waals surface area contributed by atoms with Crippen LogP contribution in [0.25, 0.3) is 11.1 Å². The first-order valence-electron chi connectivity index (χ1n) is 6.26. The highest BCUT2D eigenvalue weighted by atomic mass is 16.3. The Morgan fingerprint density at radius 1 is 1.00 bits per heavy atom. The molecule has 0 aliphatic heterocycles. The number of aliphatic hydroxyl groups excluding tert-OH is 1. The highest BCUT2D eigenvalue weighted by Gasteiger charge is 2.09. The minimum atomic E-state index is -0.708. The van der Waals surface area contributed by atoms with Crippen molar-refractivity contribution < 1.29 is 9.90 Å². The van der Waals surface area contributed by atoms with E-state index in [1.807, 2.05) is 42.5 Å². The topological polar surface area (TPSA) is 63.3 Å². The van der Waals surface area contributed by atoms with Gasteiger partial charge < -0.3 is 10.8 Å². The van der Waals surface area contributed by atoms with E-state index in [0.717, 1.165) is 16.7 Å². The van der Waals surface area contributed by atoms with Gasteiger partial charge in [-0.1, -0.05) is 54.6 Å². The average molecular weight is 255 g/mol. The lowest BCUT2D eigenvalue weighted by molar-refractivity contribution is -0.119. The molecule has 0 aliphatic rings. The molecule has 3 heteroatoms. The van der Waals surface area contributed by atoms with Gasteiger partial charge in [-0.05, 0) is 23.1 Å². The number of rotatable bonds is 5. The first kappa shape index (κ1) is 13.3.